The summed E-state index contributed by atoms with van der Waals surface area (Å²) < 4.78 is 19.9. The van der Waals surface area contributed by atoms with Crippen molar-refractivity contribution in [3.8, 4) is 0 Å². The molecule has 0 aliphatic carbocycles. The average molecular weight is 459 g/mol. The molecule has 12 heteroatoms. The summed E-state index contributed by atoms with van der Waals surface area (Å²) in [6, 6.07) is 0. The van der Waals surface area contributed by atoms with Crippen LogP contribution in [-0.4, -0.2) is 64.4 Å². The molecule has 1 heterocycles. The number of carbonyl (C=O) groups excluding carboxylic acids is 6. The van der Waals surface area contributed by atoms with Gasteiger partial charge in [-0.3, -0.25) is 14.4 Å². The maximum absolute atomic E-state index is 12.5. The van der Waals surface area contributed by atoms with Gasteiger partial charge < -0.3 is 23.8 Å². The van der Waals surface area contributed by atoms with Crippen molar-refractivity contribution in [3.05, 3.63) is 0 Å². The third-order valence-corrected chi connectivity index (χ3v) is 3.47. The van der Waals surface area contributed by atoms with Gasteiger partial charge in [0, 0.05) is 12.8 Å². The predicted molar refractivity (Wildman–Crippen MR) is 104 cm³/mol. The van der Waals surface area contributed by atoms with Crippen LogP contribution < -0.4 is 0 Å². The van der Waals surface area contributed by atoms with Gasteiger partial charge in [0.05, 0.1) is 6.42 Å². The standard InChI is InChI=1S/C20H29NO11/c1-11(16(25)32-21-13(22)8-9-14(21)23)28-17(26)12(10-15(24)30-19(2,3)4)29-18(27)31-20(5,6)7/h11-12H,8-10H2,1-7H3. The van der Waals surface area contributed by atoms with Gasteiger partial charge in [0.15, 0.2) is 6.10 Å². The summed E-state index contributed by atoms with van der Waals surface area (Å²) in [5.41, 5.74) is -1.81. The minimum atomic E-state index is -1.79. The second kappa shape index (κ2) is 10.4. The summed E-state index contributed by atoms with van der Waals surface area (Å²) in [7, 11) is 0. The lowest BCUT2D eigenvalue weighted by Gasteiger charge is -2.24. The lowest BCUT2D eigenvalue weighted by Crippen LogP contribution is -2.40. The molecule has 0 saturated carbocycles. The number of imide groups is 1. The van der Waals surface area contributed by atoms with Crippen LogP contribution in [0, 0.1) is 0 Å². The highest BCUT2D eigenvalue weighted by Gasteiger charge is 2.37. The number of nitrogens with zero attached hydrogens (tertiary/aromatic N) is 1. The van der Waals surface area contributed by atoms with E-state index in [1.165, 1.54) is 0 Å². The Balaban J connectivity index is 2.84. The number of hydrogen-bond acceptors (Lipinski definition) is 11. The first-order valence-corrected chi connectivity index (χ1v) is 9.88. The van der Waals surface area contributed by atoms with E-state index >= 15 is 0 Å². The van der Waals surface area contributed by atoms with Crippen LogP contribution in [0.1, 0.15) is 67.7 Å². The zero-order chi connectivity index (χ0) is 24.9. The van der Waals surface area contributed by atoms with E-state index in [1.807, 2.05) is 0 Å². The number of ether oxygens (including phenoxy) is 4. The van der Waals surface area contributed by atoms with Crippen LogP contribution in [0.4, 0.5) is 4.79 Å². The fourth-order valence-electron chi connectivity index (χ4n) is 2.22. The van der Waals surface area contributed by atoms with E-state index in [1.54, 1.807) is 41.5 Å². The van der Waals surface area contributed by atoms with Gasteiger partial charge in [-0.05, 0) is 48.5 Å². The molecule has 1 aliphatic heterocycles. The van der Waals surface area contributed by atoms with Gasteiger partial charge in [-0.25, -0.2) is 14.4 Å². The van der Waals surface area contributed by atoms with E-state index in [0.29, 0.717) is 5.06 Å². The fraction of sp³-hybridized carbons (Fsp3) is 0.700. The van der Waals surface area contributed by atoms with Crippen LogP contribution in [0.3, 0.4) is 0 Å². The second-order valence-electron chi connectivity index (χ2n) is 8.93. The molecule has 0 bridgehead atoms. The van der Waals surface area contributed by atoms with Crippen LogP contribution in [0.15, 0.2) is 0 Å². The van der Waals surface area contributed by atoms with Crippen LogP contribution in [0.2, 0.25) is 0 Å². The number of esters is 2. The molecule has 32 heavy (non-hydrogen) atoms. The van der Waals surface area contributed by atoms with Crippen molar-refractivity contribution >= 4 is 35.9 Å². The molecule has 0 N–H and O–H groups in total. The first kappa shape index (κ1) is 26.9. The van der Waals surface area contributed by atoms with Gasteiger partial charge in [-0.2, -0.15) is 0 Å². The minimum Gasteiger partial charge on any atom is -0.460 e. The van der Waals surface area contributed by atoms with Crippen molar-refractivity contribution in [1.29, 1.82) is 0 Å². The van der Waals surface area contributed by atoms with Crippen molar-refractivity contribution in [2.75, 3.05) is 0 Å². The van der Waals surface area contributed by atoms with E-state index < -0.39 is 65.7 Å². The van der Waals surface area contributed by atoms with E-state index in [-0.39, 0.29) is 12.8 Å². The smallest absolute Gasteiger partial charge is 0.460 e. The van der Waals surface area contributed by atoms with Crippen LogP contribution >= 0.6 is 0 Å². The Bertz CT molecular complexity index is 729. The SMILES string of the molecule is CC(OC(=O)C(CC(=O)OC(C)(C)C)OC(=O)OC(C)(C)C)C(=O)ON1C(=O)CCC1=O. The van der Waals surface area contributed by atoms with E-state index in [4.69, 9.17) is 18.9 Å². The van der Waals surface area contributed by atoms with Gasteiger partial charge in [0.1, 0.15) is 11.2 Å². The highest BCUT2D eigenvalue weighted by Crippen LogP contribution is 2.16. The van der Waals surface area contributed by atoms with Gasteiger partial charge in [0.25, 0.3) is 11.8 Å². The summed E-state index contributed by atoms with van der Waals surface area (Å²) >= 11 is 0. The maximum atomic E-state index is 12.5. The van der Waals surface area contributed by atoms with Gasteiger partial charge in [0.2, 0.25) is 6.10 Å². The normalized spacial score (nSPS) is 16.2. The summed E-state index contributed by atoms with van der Waals surface area (Å²) in [6.45, 7) is 10.6. The molecule has 0 aromatic rings. The minimum absolute atomic E-state index is 0.109. The quantitative estimate of drug-likeness (QED) is 0.310. The van der Waals surface area contributed by atoms with Crippen molar-refractivity contribution in [3.63, 3.8) is 0 Å². The molecule has 2 unspecified atom stereocenters. The molecule has 0 aromatic heterocycles. The van der Waals surface area contributed by atoms with E-state index in [9.17, 15) is 28.8 Å². The number of hydroxylamine groups is 2. The van der Waals surface area contributed by atoms with Gasteiger partial charge >= 0.3 is 24.1 Å². The summed E-state index contributed by atoms with van der Waals surface area (Å²) in [4.78, 5) is 76.5. The molecule has 0 aromatic carbocycles. The summed E-state index contributed by atoms with van der Waals surface area (Å²) in [6.07, 6.45) is -5.55. The lowest BCUT2D eigenvalue weighted by molar-refractivity contribution is -0.206. The molecule has 1 rings (SSSR count). The topological polar surface area (TPSA) is 152 Å². The number of carbonyl (C=O) groups is 6. The molecule has 2 atom stereocenters. The van der Waals surface area contributed by atoms with Gasteiger partial charge in [-0.1, -0.05) is 0 Å². The molecule has 0 radical (unpaired) electrons. The number of rotatable bonds is 7. The van der Waals surface area contributed by atoms with E-state index in [2.05, 4.69) is 4.84 Å². The largest absolute Gasteiger partial charge is 0.509 e. The number of hydrogen-bond donors (Lipinski definition) is 0. The van der Waals surface area contributed by atoms with Crippen LogP contribution in [0.25, 0.3) is 0 Å². The molecular weight excluding hydrogens is 430 g/mol. The fourth-order valence-corrected chi connectivity index (χ4v) is 2.22. The zero-order valence-corrected chi connectivity index (χ0v) is 19.2. The second-order valence-corrected chi connectivity index (χ2v) is 8.93. The van der Waals surface area contributed by atoms with Crippen molar-refractivity contribution < 1.29 is 52.6 Å². The van der Waals surface area contributed by atoms with Crippen LogP contribution in [-0.2, 0) is 47.8 Å². The van der Waals surface area contributed by atoms with Crippen molar-refractivity contribution in [1.82, 2.24) is 5.06 Å². The molecular formula is C20H29NO11. The summed E-state index contributed by atoms with van der Waals surface area (Å²) in [5.74, 6) is -4.76. The first-order chi connectivity index (χ1) is 14.5. The molecule has 0 spiro atoms. The van der Waals surface area contributed by atoms with Crippen molar-refractivity contribution in [2.24, 2.45) is 0 Å². The van der Waals surface area contributed by atoms with E-state index in [0.717, 1.165) is 6.92 Å². The average Bonchev–Trinajstić information content (AvgIpc) is 2.89. The molecule has 1 saturated heterocycles. The molecule has 1 aliphatic rings. The Morgan fingerprint density at radius 2 is 1.34 bits per heavy atom. The van der Waals surface area contributed by atoms with Crippen molar-refractivity contribution in [2.45, 2.75) is 91.1 Å². The first-order valence-electron chi connectivity index (χ1n) is 9.88. The Kier molecular flexibility index (Phi) is 8.75. The molecule has 1 fully saturated rings. The third-order valence-electron chi connectivity index (χ3n) is 3.47. The highest BCUT2D eigenvalue weighted by molar-refractivity contribution is 6.01. The molecule has 12 nitrogen and oxygen atoms in total. The summed E-state index contributed by atoms with van der Waals surface area (Å²) in [5, 5.41) is 0.294. The molecule has 180 valence electrons. The van der Waals surface area contributed by atoms with Gasteiger partial charge in [-0.15, -0.1) is 5.06 Å². The third kappa shape index (κ3) is 9.31. The monoisotopic (exact) mass is 459 g/mol. The molecule has 2 amide bonds. The Morgan fingerprint density at radius 1 is 0.844 bits per heavy atom. The number of amides is 2. The lowest BCUT2D eigenvalue weighted by atomic mass is 10.2. The Morgan fingerprint density at radius 3 is 1.81 bits per heavy atom. The van der Waals surface area contributed by atoms with Crippen LogP contribution in [0.5, 0.6) is 0 Å². The maximum Gasteiger partial charge on any atom is 0.509 e. The highest BCUT2D eigenvalue weighted by atomic mass is 16.8. The Hall–Kier alpha value is -3.18. The zero-order valence-electron chi connectivity index (χ0n) is 19.2. The predicted octanol–water partition coefficient (Wildman–Crippen LogP) is 1.58. The Labute approximate surface area is 185 Å².